The molecule has 0 rings (SSSR count). The van der Waals surface area contributed by atoms with Gasteiger partial charge in [-0.1, -0.05) is 69.2 Å². The molecule has 7 heteroatoms. The van der Waals surface area contributed by atoms with E-state index < -0.39 is 10.4 Å². The van der Waals surface area contributed by atoms with Crippen LogP contribution < -0.4 is 11.5 Å². The van der Waals surface area contributed by atoms with Crippen LogP contribution in [0.2, 0.25) is 0 Å². The van der Waals surface area contributed by atoms with E-state index in [4.69, 9.17) is 29.0 Å². The Bertz CT molecular complexity index is 475. The molecular formula is C24H56N2O4S. The van der Waals surface area contributed by atoms with Crippen molar-refractivity contribution < 1.29 is 17.5 Å². The minimum atomic E-state index is -4.67. The van der Waals surface area contributed by atoms with E-state index in [2.05, 4.69) is 69.2 Å². The Morgan fingerprint density at radius 2 is 0.613 bits per heavy atom. The molecule has 0 amide bonds. The first-order valence-electron chi connectivity index (χ1n) is 12.4. The topological polar surface area (TPSA) is 127 Å². The van der Waals surface area contributed by atoms with E-state index in [0.717, 1.165) is 25.7 Å². The van der Waals surface area contributed by atoms with Gasteiger partial charge in [0.15, 0.2) is 0 Å². The van der Waals surface area contributed by atoms with Gasteiger partial charge in [0.25, 0.3) is 0 Å². The molecule has 0 bridgehead atoms. The summed E-state index contributed by atoms with van der Waals surface area (Å²) in [5.74, 6) is 0. The Labute approximate surface area is 194 Å². The molecule has 0 aromatic heterocycles. The molecule has 0 saturated carbocycles. The zero-order chi connectivity index (χ0) is 25.6. The maximum Gasteiger partial charge on any atom is 0.394 e. The monoisotopic (exact) mass is 468 g/mol. The van der Waals surface area contributed by atoms with E-state index >= 15 is 0 Å². The molecule has 6 nitrogen and oxygen atoms in total. The molecule has 0 aromatic carbocycles. The smallest absolute Gasteiger partial charge is 0.325 e. The summed E-state index contributed by atoms with van der Waals surface area (Å²) < 4.78 is 31.6. The van der Waals surface area contributed by atoms with Crippen LogP contribution in [0.1, 0.15) is 133 Å². The van der Waals surface area contributed by atoms with Gasteiger partial charge in [-0.3, -0.25) is 9.11 Å². The van der Waals surface area contributed by atoms with Crippen LogP contribution >= 0.6 is 0 Å². The maximum absolute atomic E-state index is 8.74. The lowest BCUT2D eigenvalue weighted by Crippen LogP contribution is -2.54. The van der Waals surface area contributed by atoms with Gasteiger partial charge in [0.05, 0.1) is 0 Å². The first-order chi connectivity index (χ1) is 14.1. The van der Waals surface area contributed by atoms with E-state index in [1.54, 1.807) is 0 Å². The highest BCUT2D eigenvalue weighted by Crippen LogP contribution is 2.44. The molecule has 0 spiro atoms. The van der Waals surface area contributed by atoms with Crippen molar-refractivity contribution in [3.05, 3.63) is 0 Å². The normalized spacial score (nSPS) is 13.1. The van der Waals surface area contributed by atoms with Crippen LogP contribution in [0.25, 0.3) is 0 Å². The van der Waals surface area contributed by atoms with Gasteiger partial charge in [-0.15, -0.1) is 0 Å². The van der Waals surface area contributed by atoms with Gasteiger partial charge < -0.3 is 11.5 Å². The predicted molar refractivity (Wildman–Crippen MR) is 136 cm³/mol. The molecule has 0 aliphatic carbocycles. The summed E-state index contributed by atoms with van der Waals surface area (Å²) in [4.78, 5) is 0. The summed E-state index contributed by atoms with van der Waals surface area (Å²) in [5.41, 5.74) is 13.8. The fraction of sp³-hybridized carbons (Fsp3) is 1.00. The van der Waals surface area contributed by atoms with Crippen LogP contribution in [0, 0.1) is 10.8 Å². The van der Waals surface area contributed by atoms with Gasteiger partial charge in [0.1, 0.15) is 0 Å². The van der Waals surface area contributed by atoms with Gasteiger partial charge in [0, 0.05) is 11.1 Å². The zero-order valence-electron chi connectivity index (χ0n) is 22.3. The van der Waals surface area contributed by atoms with Gasteiger partial charge in [0.2, 0.25) is 0 Å². The van der Waals surface area contributed by atoms with Crippen LogP contribution in [0.5, 0.6) is 0 Å². The van der Waals surface area contributed by atoms with Crippen LogP contribution in [0.15, 0.2) is 0 Å². The number of nitrogens with two attached hydrogens (primary N) is 2. The predicted octanol–water partition coefficient (Wildman–Crippen LogP) is 6.79. The molecule has 0 fully saturated rings. The third-order valence-corrected chi connectivity index (χ3v) is 8.70. The Balaban J connectivity index is -0.000000416. The highest BCUT2D eigenvalue weighted by atomic mass is 32.3. The first-order valence-corrected chi connectivity index (χ1v) is 13.8. The van der Waals surface area contributed by atoms with E-state index in [0.29, 0.717) is 10.8 Å². The SMILES string of the molecule is CCC(N)(CC)C(CC)(CC)CC.CCC(N)(CC)C(CC)(CC)CC.O=S(=O)(O)O. The Morgan fingerprint density at radius 1 is 0.484 bits per heavy atom. The summed E-state index contributed by atoms with van der Waals surface area (Å²) >= 11 is 0. The average molecular weight is 469 g/mol. The van der Waals surface area contributed by atoms with Crippen molar-refractivity contribution in [1.82, 2.24) is 0 Å². The molecule has 0 aromatic rings. The van der Waals surface area contributed by atoms with Crippen LogP contribution in [0.3, 0.4) is 0 Å². The Hall–Kier alpha value is -0.210. The quantitative estimate of drug-likeness (QED) is 0.234. The number of hydrogen-bond acceptors (Lipinski definition) is 4. The number of rotatable bonds is 12. The standard InChI is InChI=1S/2C12H27N.H2O4S/c2*1-6-11(7-2,8-3)12(13,9-4)10-5;1-5(2,3)4/h2*6-10,13H2,1-5H3;(H2,1,2,3,4). The second-order valence-corrected chi connectivity index (χ2v) is 9.75. The van der Waals surface area contributed by atoms with E-state index in [1.165, 1.54) is 38.5 Å². The van der Waals surface area contributed by atoms with Crippen molar-refractivity contribution in [2.24, 2.45) is 22.3 Å². The van der Waals surface area contributed by atoms with Crippen LogP contribution in [-0.4, -0.2) is 28.6 Å². The minimum Gasteiger partial charge on any atom is -0.325 e. The van der Waals surface area contributed by atoms with Gasteiger partial charge >= 0.3 is 10.4 Å². The molecule has 0 unspecified atom stereocenters. The lowest BCUT2D eigenvalue weighted by atomic mass is 9.62. The largest absolute Gasteiger partial charge is 0.394 e. The Morgan fingerprint density at radius 3 is 0.645 bits per heavy atom. The van der Waals surface area contributed by atoms with Crippen molar-refractivity contribution in [2.45, 2.75) is 145 Å². The number of hydrogen-bond donors (Lipinski definition) is 4. The molecule has 0 aliphatic rings. The van der Waals surface area contributed by atoms with Crippen LogP contribution in [-0.2, 0) is 10.4 Å². The third kappa shape index (κ3) is 10.1. The van der Waals surface area contributed by atoms with Crippen molar-refractivity contribution >= 4 is 10.4 Å². The molecule has 0 aliphatic heterocycles. The van der Waals surface area contributed by atoms with E-state index in [-0.39, 0.29) is 11.1 Å². The summed E-state index contributed by atoms with van der Waals surface area (Å²) in [5, 5.41) is 0. The van der Waals surface area contributed by atoms with Gasteiger partial charge in [-0.25, -0.2) is 0 Å². The third-order valence-electron chi connectivity index (χ3n) is 8.70. The lowest BCUT2D eigenvalue weighted by Gasteiger charge is -2.47. The molecule has 6 N–H and O–H groups in total. The molecule has 0 heterocycles. The fourth-order valence-electron chi connectivity index (χ4n) is 5.61. The minimum absolute atomic E-state index is 0.0469. The lowest BCUT2D eigenvalue weighted by molar-refractivity contribution is 0.0897. The average Bonchev–Trinajstić information content (AvgIpc) is 2.75. The molecule has 0 atom stereocenters. The molecular weight excluding hydrogens is 412 g/mol. The molecule has 0 saturated heterocycles. The first kappa shape index (κ1) is 35.4. The fourth-order valence-corrected chi connectivity index (χ4v) is 5.61. The van der Waals surface area contributed by atoms with Gasteiger partial charge in [-0.05, 0) is 75.0 Å². The Kier molecular flexibility index (Phi) is 17.8. The second kappa shape index (κ2) is 15.6. The summed E-state index contributed by atoms with van der Waals surface area (Å²) in [7, 11) is -4.67. The molecule has 31 heavy (non-hydrogen) atoms. The second-order valence-electron chi connectivity index (χ2n) is 8.86. The maximum atomic E-state index is 8.74. The van der Waals surface area contributed by atoms with Crippen molar-refractivity contribution in [3.63, 3.8) is 0 Å². The van der Waals surface area contributed by atoms with E-state index in [9.17, 15) is 0 Å². The highest BCUT2D eigenvalue weighted by molar-refractivity contribution is 7.79. The molecule has 0 radical (unpaired) electrons. The van der Waals surface area contributed by atoms with Crippen molar-refractivity contribution in [1.29, 1.82) is 0 Å². The van der Waals surface area contributed by atoms with E-state index in [1.807, 2.05) is 0 Å². The highest BCUT2D eigenvalue weighted by Gasteiger charge is 2.42. The van der Waals surface area contributed by atoms with Crippen LogP contribution in [0.4, 0.5) is 0 Å². The summed E-state index contributed by atoms with van der Waals surface area (Å²) in [6.45, 7) is 22.6. The summed E-state index contributed by atoms with van der Waals surface area (Å²) in [6.07, 6.45) is 11.6. The van der Waals surface area contributed by atoms with Crippen molar-refractivity contribution in [2.75, 3.05) is 0 Å². The molecule has 192 valence electrons. The van der Waals surface area contributed by atoms with Crippen molar-refractivity contribution in [3.8, 4) is 0 Å². The zero-order valence-corrected chi connectivity index (χ0v) is 23.2. The summed E-state index contributed by atoms with van der Waals surface area (Å²) in [6, 6.07) is 0. The van der Waals surface area contributed by atoms with Gasteiger partial charge in [-0.2, -0.15) is 8.42 Å².